The lowest BCUT2D eigenvalue weighted by atomic mass is 10.0. The molecule has 0 spiro atoms. The minimum atomic E-state index is -0.460. The number of rotatable bonds is 4. The SMILES string of the molecule is CN1CCCC[C@H]1CCn1nc(-c2ccc(F)cc2)oc1=O. The number of aryl methyl sites for hydroxylation is 1. The highest BCUT2D eigenvalue weighted by atomic mass is 19.1. The van der Waals surface area contributed by atoms with Crippen molar-refractivity contribution in [3.05, 3.63) is 40.6 Å². The van der Waals surface area contributed by atoms with Crippen LogP contribution in [0.3, 0.4) is 0 Å². The van der Waals surface area contributed by atoms with E-state index in [1.54, 1.807) is 12.1 Å². The summed E-state index contributed by atoms with van der Waals surface area (Å²) < 4.78 is 19.5. The highest BCUT2D eigenvalue weighted by Crippen LogP contribution is 2.19. The van der Waals surface area contributed by atoms with E-state index in [0.29, 0.717) is 18.2 Å². The highest BCUT2D eigenvalue weighted by Gasteiger charge is 2.19. The molecule has 2 aromatic rings. The first-order chi connectivity index (χ1) is 10.6. The summed E-state index contributed by atoms with van der Waals surface area (Å²) in [5, 5.41) is 4.22. The zero-order chi connectivity index (χ0) is 15.5. The van der Waals surface area contributed by atoms with E-state index in [1.807, 2.05) is 0 Å². The average molecular weight is 305 g/mol. The Kier molecular flexibility index (Phi) is 4.38. The van der Waals surface area contributed by atoms with Crippen LogP contribution in [0.1, 0.15) is 25.7 Å². The fourth-order valence-corrected chi connectivity index (χ4v) is 2.94. The molecule has 3 rings (SSSR count). The van der Waals surface area contributed by atoms with Gasteiger partial charge in [0.15, 0.2) is 0 Å². The number of piperidine rings is 1. The molecule has 118 valence electrons. The average Bonchev–Trinajstić information content (AvgIpc) is 2.88. The molecule has 0 aliphatic carbocycles. The highest BCUT2D eigenvalue weighted by molar-refractivity contribution is 5.51. The maximum atomic E-state index is 12.9. The van der Waals surface area contributed by atoms with Crippen LogP contribution in [-0.4, -0.2) is 34.3 Å². The van der Waals surface area contributed by atoms with E-state index < -0.39 is 5.76 Å². The van der Waals surface area contributed by atoms with Crippen LogP contribution in [0.2, 0.25) is 0 Å². The number of benzene rings is 1. The second kappa shape index (κ2) is 6.44. The fraction of sp³-hybridized carbons (Fsp3) is 0.500. The van der Waals surface area contributed by atoms with E-state index in [9.17, 15) is 9.18 Å². The number of nitrogens with zero attached hydrogens (tertiary/aromatic N) is 3. The minimum Gasteiger partial charge on any atom is -0.388 e. The number of halogens is 1. The van der Waals surface area contributed by atoms with Gasteiger partial charge in [-0.25, -0.2) is 9.18 Å². The Bertz CT molecular complexity index is 677. The number of likely N-dealkylation sites (tertiary alicyclic amines) is 1. The Labute approximate surface area is 128 Å². The second-order valence-corrected chi connectivity index (χ2v) is 5.82. The van der Waals surface area contributed by atoms with Crippen LogP contribution in [0.15, 0.2) is 33.5 Å². The van der Waals surface area contributed by atoms with Crippen LogP contribution in [0.4, 0.5) is 4.39 Å². The lowest BCUT2D eigenvalue weighted by Crippen LogP contribution is -2.37. The Balaban J connectivity index is 1.70. The molecule has 6 heteroatoms. The van der Waals surface area contributed by atoms with Crippen molar-refractivity contribution in [3.8, 4) is 11.5 Å². The topological polar surface area (TPSA) is 51.3 Å². The Morgan fingerprint density at radius 1 is 1.32 bits per heavy atom. The third-order valence-corrected chi connectivity index (χ3v) is 4.29. The van der Waals surface area contributed by atoms with Gasteiger partial charge in [-0.3, -0.25) is 0 Å². The van der Waals surface area contributed by atoms with Gasteiger partial charge in [-0.15, -0.1) is 5.10 Å². The molecule has 1 aliphatic rings. The molecule has 0 radical (unpaired) electrons. The van der Waals surface area contributed by atoms with Crippen molar-refractivity contribution in [1.82, 2.24) is 14.7 Å². The van der Waals surface area contributed by atoms with Crippen molar-refractivity contribution in [3.63, 3.8) is 0 Å². The summed E-state index contributed by atoms with van der Waals surface area (Å²) in [5.74, 6) is -0.550. The van der Waals surface area contributed by atoms with Gasteiger partial charge in [0.25, 0.3) is 0 Å². The van der Waals surface area contributed by atoms with Gasteiger partial charge >= 0.3 is 5.76 Å². The van der Waals surface area contributed by atoms with E-state index in [2.05, 4.69) is 17.0 Å². The maximum Gasteiger partial charge on any atom is 0.437 e. The number of aromatic nitrogens is 2. The summed E-state index contributed by atoms with van der Waals surface area (Å²) in [6.07, 6.45) is 4.52. The van der Waals surface area contributed by atoms with Gasteiger partial charge in [0.1, 0.15) is 5.82 Å². The summed E-state index contributed by atoms with van der Waals surface area (Å²) in [5.41, 5.74) is 0.604. The molecule has 0 unspecified atom stereocenters. The van der Waals surface area contributed by atoms with Crippen molar-refractivity contribution in [2.45, 2.75) is 38.3 Å². The van der Waals surface area contributed by atoms with Crippen LogP contribution in [-0.2, 0) is 6.54 Å². The summed E-state index contributed by atoms with van der Waals surface area (Å²) >= 11 is 0. The minimum absolute atomic E-state index is 0.238. The van der Waals surface area contributed by atoms with Crippen LogP contribution in [0, 0.1) is 5.82 Å². The summed E-state index contributed by atoms with van der Waals surface area (Å²) in [7, 11) is 2.12. The van der Waals surface area contributed by atoms with E-state index in [4.69, 9.17) is 4.42 Å². The monoisotopic (exact) mass is 305 g/mol. The summed E-state index contributed by atoms with van der Waals surface area (Å²) in [4.78, 5) is 14.2. The smallest absolute Gasteiger partial charge is 0.388 e. The zero-order valence-electron chi connectivity index (χ0n) is 12.7. The molecule has 0 N–H and O–H groups in total. The van der Waals surface area contributed by atoms with Crippen molar-refractivity contribution in [2.24, 2.45) is 0 Å². The molecule has 2 heterocycles. The second-order valence-electron chi connectivity index (χ2n) is 5.82. The molecular formula is C16H20FN3O2. The van der Waals surface area contributed by atoms with E-state index in [0.717, 1.165) is 19.4 Å². The molecule has 5 nitrogen and oxygen atoms in total. The number of hydrogen-bond donors (Lipinski definition) is 0. The van der Waals surface area contributed by atoms with Gasteiger partial charge in [0, 0.05) is 18.2 Å². The first-order valence-electron chi connectivity index (χ1n) is 7.67. The van der Waals surface area contributed by atoms with Crippen molar-refractivity contribution < 1.29 is 8.81 Å². The lowest BCUT2D eigenvalue weighted by molar-refractivity contribution is 0.169. The van der Waals surface area contributed by atoms with Gasteiger partial charge in [0.2, 0.25) is 5.89 Å². The molecule has 1 aromatic carbocycles. The normalized spacial score (nSPS) is 19.5. The third kappa shape index (κ3) is 3.27. The van der Waals surface area contributed by atoms with Crippen LogP contribution >= 0.6 is 0 Å². The predicted octanol–water partition coefficient (Wildman–Crippen LogP) is 2.52. The number of hydrogen-bond acceptors (Lipinski definition) is 4. The molecular weight excluding hydrogens is 285 g/mol. The predicted molar refractivity (Wildman–Crippen MR) is 81.0 cm³/mol. The quantitative estimate of drug-likeness (QED) is 0.871. The standard InChI is InChI=1S/C16H20FN3O2/c1-19-10-3-2-4-14(19)9-11-20-16(21)22-15(18-20)12-5-7-13(17)8-6-12/h5-8,14H,2-4,9-11H2,1H3/t14-/m0/s1. The molecule has 1 fully saturated rings. The summed E-state index contributed by atoms with van der Waals surface area (Å²) in [6, 6.07) is 6.25. The lowest BCUT2D eigenvalue weighted by Gasteiger charge is -2.32. The molecule has 1 atom stereocenters. The molecule has 0 amide bonds. The van der Waals surface area contributed by atoms with E-state index in [1.165, 1.54) is 29.7 Å². The third-order valence-electron chi connectivity index (χ3n) is 4.29. The molecule has 0 saturated carbocycles. The fourth-order valence-electron chi connectivity index (χ4n) is 2.94. The van der Waals surface area contributed by atoms with Gasteiger partial charge in [-0.2, -0.15) is 4.68 Å². The Morgan fingerprint density at radius 3 is 2.82 bits per heavy atom. The molecule has 1 saturated heterocycles. The molecule has 22 heavy (non-hydrogen) atoms. The van der Waals surface area contributed by atoms with Gasteiger partial charge in [-0.05, 0) is 57.1 Å². The Morgan fingerprint density at radius 2 is 2.09 bits per heavy atom. The van der Waals surface area contributed by atoms with Crippen LogP contribution in [0.25, 0.3) is 11.5 Å². The van der Waals surface area contributed by atoms with Gasteiger partial charge in [0.05, 0.1) is 0 Å². The van der Waals surface area contributed by atoms with Crippen molar-refractivity contribution in [1.29, 1.82) is 0 Å². The Hall–Kier alpha value is -1.95. The van der Waals surface area contributed by atoms with Crippen molar-refractivity contribution >= 4 is 0 Å². The molecule has 0 bridgehead atoms. The molecule has 1 aliphatic heterocycles. The maximum absolute atomic E-state index is 12.9. The largest absolute Gasteiger partial charge is 0.437 e. The van der Waals surface area contributed by atoms with Crippen LogP contribution < -0.4 is 5.76 Å². The first kappa shape index (κ1) is 15.0. The summed E-state index contributed by atoms with van der Waals surface area (Å²) in [6.45, 7) is 1.65. The van der Waals surface area contributed by atoms with Crippen LogP contribution in [0.5, 0.6) is 0 Å². The van der Waals surface area contributed by atoms with Gasteiger partial charge in [-0.1, -0.05) is 6.42 Å². The van der Waals surface area contributed by atoms with E-state index in [-0.39, 0.29) is 11.7 Å². The first-order valence-corrected chi connectivity index (χ1v) is 7.67. The van der Waals surface area contributed by atoms with Crippen molar-refractivity contribution in [2.75, 3.05) is 13.6 Å². The zero-order valence-corrected chi connectivity index (χ0v) is 12.7. The van der Waals surface area contributed by atoms with E-state index >= 15 is 0 Å². The van der Waals surface area contributed by atoms with Gasteiger partial charge < -0.3 is 9.32 Å². The molecule has 1 aromatic heterocycles.